The molecule has 0 radical (unpaired) electrons. The minimum Gasteiger partial charge on any atom is -0.477 e. The summed E-state index contributed by atoms with van der Waals surface area (Å²) in [7, 11) is 0. The molecule has 0 atom stereocenters. The highest BCUT2D eigenvalue weighted by Gasteiger charge is 2.21. The number of benzene rings is 2. The molecule has 6 heteroatoms. The quantitative estimate of drug-likeness (QED) is 0.568. The van der Waals surface area contributed by atoms with Crippen molar-refractivity contribution in [1.29, 1.82) is 0 Å². The van der Waals surface area contributed by atoms with Gasteiger partial charge >= 0.3 is 5.69 Å². The summed E-state index contributed by atoms with van der Waals surface area (Å²) in [6.45, 7) is 5.85. The Balaban J connectivity index is 2.08. The van der Waals surface area contributed by atoms with Crippen molar-refractivity contribution in [3.8, 4) is 5.75 Å². The van der Waals surface area contributed by atoms with Gasteiger partial charge < -0.3 is 9.64 Å². The third-order valence-corrected chi connectivity index (χ3v) is 3.80. The number of nitrogens with zero attached hydrogens (tertiary/aromatic N) is 2. The molecule has 6 nitrogen and oxygen atoms in total. The van der Waals surface area contributed by atoms with E-state index in [2.05, 4.69) is 0 Å². The van der Waals surface area contributed by atoms with Crippen LogP contribution < -0.4 is 4.74 Å². The molecular formula is C19H22N2O4. The Bertz CT molecular complexity index is 744. The number of hydrogen-bond acceptors (Lipinski definition) is 4. The van der Waals surface area contributed by atoms with Crippen LogP contribution in [0.5, 0.6) is 5.75 Å². The van der Waals surface area contributed by atoms with Gasteiger partial charge in [-0.25, -0.2) is 0 Å². The van der Waals surface area contributed by atoms with Crippen molar-refractivity contribution < 1.29 is 14.5 Å². The molecule has 25 heavy (non-hydrogen) atoms. The van der Waals surface area contributed by atoms with Crippen LogP contribution in [0.2, 0.25) is 0 Å². The van der Waals surface area contributed by atoms with E-state index in [1.807, 2.05) is 44.2 Å². The molecule has 0 fully saturated rings. The number of ether oxygens (including phenoxy) is 1. The van der Waals surface area contributed by atoms with Crippen molar-refractivity contribution in [3.63, 3.8) is 0 Å². The topological polar surface area (TPSA) is 72.7 Å². The van der Waals surface area contributed by atoms with E-state index in [1.165, 1.54) is 12.1 Å². The zero-order valence-electron chi connectivity index (χ0n) is 14.6. The summed E-state index contributed by atoms with van der Waals surface area (Å²) < 4.78 is 5.45. The molecule has 0 spiro atoms. The predicted molar refractivity (Wildman–Crippen MR) is 95.5 cm³/mol. The molecule has 0 N–H and O–H groups in total. The lowest BCUT2D eigenvalue weighted by Gasteiger charge is -2.27. The summed E-state index contributed by atoms with van der Waals surface area (Å²) in [5, 5.41) is 11.1. The highest BCUT2D eigenvalue weighted by molar-refractivity contribution is 5.78. The van der Waals surface area contributed by atoms with E-state index in [0.29, 0.717) is 6.54 Å². The third kappa shape index (κ3) is 5.04. The van der Waals surface area contributed by atoms with E-state index in [9.17, 15) is 14.9 Å². The first kappa shape index (κ1) is 18.4. The second-order valence-electron chi connectivity index (χ2n) is 6.12. The molecule has 0 saturated carbocycles. The molecule has 0 saturated heterocycles. The van der Waals surface area contributed by atoms with E-state index in [4.69, 9.17) is 4.74 Å². The van der Waals surface area contributed by atoms with Gasteiger partial charge in [-0.1, -0.05) is 36.4 Å². The monoisotopic (exact) mass is 342 g/mol. The lowest BCUT2D eigenvalue weighted by atomic mass is 10.2. The van der Waals surface area contributed by atoms with Gasteiger partial charge in [0.1, 0.15) is 0 Å². The lowest BCUT2D eigenvalue weighted by Crippen LogP contribution is -2.39. The van der Waals surface area contributed by atoms with Crippen LogP contribution in [0.3, 0.4) is 0 Å². The van der Waals surface area contributed by atoms with Gasteiger partial charge in [0, 0.05) is 18.7 Å². The Hall–Kier alpha value is -2.89. The van der Waals surface area contributed by atoms with Crippen LogP contribution in [0.25, 0.3) is 0 Å². The summed E-state index contributed by atoms with van der Waals surface area (Å²) in [6.07, 6.45) is 0. The van der Waals surface area contributed by atoms with Gasteiger partial charge in [-0.2, -0.15) is 0 Å². The van der Waals surface area contributed by atoms with Gasteiger partial charge in [-0.3, -0.25) is 14.9 Å². The van der Waals surface area contributed by atoms with E-state index < -0.39 is 4.92 Å². The van der Waals surface area contributed by atoms with Crippen molar-refractivity contribution in [3.05, 3.63) is 69.8 Å². The minimum absolute atomic E-state index is 0.00990. The molecule has 0 aliphatic rings. The number of hydrogen-bond donors (Lipinski definition) is 0. The average molecular weight is 342 g/mol. The molecule has 0 aliphatic heterocycles. The van der Waals surface area contributed by atoms with Crippen LogP contribution in [0.4, 0.5) is 5.69 Å². The van der Waals surface area contributed by atoms with Crippen molar-refractivity contribution in [1.82, 2.24) is 4.90 Å². The summed E-state index contributed by atoms with van der Waals surface area (Å²) in [5.41, 5.74) is 1.65. The van der Waals surface area contributed by atoms with E-state index in [0.717, 1.165) is 11.1 Å². The Morgan fingerprint density at radius 3 is 2.48 bits per heavy atom. The lowest BCUT2D eigenvalue weighted by molar-refractivity contribution is -0.385. The number of carbonyl (C=O) groups is 1. The van der Waals surface area contributed by atoms with E-state index in [-0.39, 0.29) is 30.0 Å². The zero-order valence-corrected chi connectivity index (χ0v) is 14.6. The van der Waals surface area contributed by atoms with Crippen LogP contribution in [-0.2, 0) is 11.3 Å². The van der Waals surface area contributed by atoms with Crippen molar-refractivity contribution >= 4 is 11.6 Å². The van der Waals surface area contributed by atoms with Crippen LogP contribution in [0, 0.1) is 17.0 Å². The Morgan fingerprint density at radius 1 is 1.20 bits per heavy atom. The van der Waals surface area contributed by atoms with Crippen molar-refractivity contribution in [2.24, 2.45) is 0 Å². The summed E-state index contributed by atoms with van der Waals surface area (Å²) in [5.74, 6) is -0.110. The van der Waals surface area contributed by atoms with Crippen molar-refractivity contribution in [2.75, 3.05) is 6.61 Å². The van der Waals surface area contributed by atoms with Crippen LogP contribution in [0.15, 0.2) is 48.5 Å². The smallest absolute Gasteiger partial charge is 0.311 e. The first-order valence-corrected chi connectivity index (χ1v) is 8.09. The number of carbonyl (C=O) groups excluding carboxylic acids is 1. The van der Waals surface area contributed by atoms with Gasteiger partial charge in [0.15, 0.2) is 12.4 Å². The molecule has 0 aliphatic carbocycles. The van der Waals surface area contributed by atoms with Crippen molar-refractivity contribution in [2.45, 2.75) is 33.4 Å². The molecule has 0 bridgehead atoms. The van der Waals surface area contributed by atoms with Crippen LogP contribution >= 0.6 is 0 Å². The molecule has 0 unspecified atom stereocenters. The van der Waals surface area contributed by atoms with Gasteiger partial charge in [0.25, 0.3) is 5.91 Å². The van der Waals surface area contributed by atoms with E-state index in [1.54, 1.807) is 17.9 Å². The standard InChI is InChI=1S/C19H22N2O4/c1-14(2)20(12-16-7-5-4-6-8-16)19(22)13-25-18-10-9-15(3)11-17(18)21(23)24/h4-11,14H,12-13H2,1-3H3. The zero-order chi connectivity index (χ0) is 18.4. The summed E-state index contributed by atoms with van der Waals surface area (Å²) in [6, 6.07) is 14.3. The fourth-order valence-corrected chi connectivity index (χ4v) is 2.45. The van der Waals surface area contributed by atoms with Gasteiger partial charge in [0.2, 0.25) is 0 Å². The Labute approximate surface area is 147 Å². The maximum Gasteiger partial charge on any atom is 0.311 e. The minimum atomic E-state index is -0.503. The molecule has 1 amide bonds. The maximum absolute atomic E-state index is 12.5. The number of aryl methyl sites for hydroxylation is 1. The van der Waals surface area contributed by atoms with Crippen LogP contribution in [0.1, 0.15) is 25.0 Å². The summed E-state index contributed by atoms with van der Waals surface area (Å²) in [4.78, 5) is 24.9. The molecule has 2 aromatic rings. The number of nitro benzene ring substituents is 1. The van der Waals surface area contributed by atoms with E-state index >= 15 is 0 Å². The second kappa shape index (κ2) is 8.28. The third-order valence-electron chi connectivity index (χ3n) is 3.80. The largest absolute Gasteiger partial charge is 0.477 e. The number of rotatable bonds is 7. The first-order valence-electron chi connectivity index (χ1n) is 8.09. The summed E-state index contributed by atoms with van der Waals surface area (Å²) >= 11 is 0. The highest BCUT2D eigenvalue weighted by Crippen LogP contribution is 2.27. The average Bonchev–Trinajstić information content (AvgIpc) is 2.58. The number of amides is 1. The second-order valence-corrected chi connectivity index (χ2v) is 6.12. The highest BCUT2D eigenvalue weighted by atomic mass is 16.6. The maximum atomic E-state index is 12.5. The molecule has 0 aromatic heterocycles. The Morgan fingerprint density at radius 2 is 1.88 bits per heavy atom. The van der Waals surface area contributed by atoms with Gasteiger partial charge in [-0.05, 0) is 38.0 Å². The van der Waals surface area contributed by atoms with Crippen LogP contribution in [-0.4, -0.2) is 28.4 Å². The predicted octanol–water partition coefficient (Wildman–Crippen LogP) is 3.72. The fraction of sp³-hybridized carbons (Fsp3) is 0.316. The van der Waals surface area contributed by atoms with Gasteiger partial charge in [-0.15, -0.1) is 0 Å². The first-order chi connectivity index (χ1) is 11.9. The Kier molecular flexibility index (Phi) is 6.11. The molecule has 2 aromatic carbocycles. The molecular weight excluding hydrogens is 320 g/mol. The molecule has 2 rings (SSSR count). The van der Waals surface area contributed by atoms with Gasteiger partial charge in [0.05, 0.1) is 4.92 Å². The number of nitro groups is 1. The normalized spacial score (nSPS) is 10.6. The fourth-order valence-electron chi connectivity index (χ4n) is 2.45. The molecule has 0 heterocycles. The SMILES string of the molecule is Cc1ccc(OCC(=O)N(Cc2ccccc2)C(C)C)c([N+](=O)[O-])c1. The molecule has 132 valence electrons.